The van der Waals surface area contributed by atoms with Crippen molar-refractivity contribution in [2.75, 3.05) is 0 Å². The Balaban J connectivity index is 2.71. The summed E-state index contributed by atoms with van der Waals surface area (Å²) in [7, 11) is 1.93. The molecule has 0 amide bonds. The van der Waals surface area contributed by atoms with Crippen molar-refractivity contribution in [3.05, 3.63) is 17.0 Å². The van der Waals surface area contributed by atoms with Gasteiger partial charge in [0.15, 0.2) is 0 Å². The van der Waals surface area contributed by atoms with Gasteiger partial charge in [0.1, 0.15) is 5.60 Å². The number of ether oxygens (including phenoxy) is 1. The van der Waals surface area contributed by atoms with Crippen molar-refractivity contribution in [2.45, 2.75) is 66.4 Å². The summed E-state index contributed by atoms with van der Waals surface area (Å²) in [4.78, 5) is 12.2. The zero-order valence-electron chi connectivity index (χ0n) is 13.9. The second kappa shape index (κ2) is 6.42. The first-order chi connectivity index (χ1) is 9.18. The third-order valence-electron chi connectivity index (χ3n) is 3.80. The number of aromatic nitrogens is 2. The predicted molar refractivity (Wildman–Crippen MR) is 80.6 cm³/mol. The van der Waals surface area contributed by atoms with Crippen molar-refractivity contribution < 1.29 is 9.53 Å². The Morgan fingerprint density at radius 2 is 2.00 bits per heavy atom. The lowest BCUT2D eigenvalue weighted by Gasteiger charge is -2.26. The van der Waals surface area contributed by atoms with Gasteiger partial charge in [-0.15, -0.1) is 0 Å². The van der Waals surface area contributed by atoms with Crippen LogP contribution in [0.25, 0.3) is 0 Å². The summed E-state index contributed by atoms with van der Waals surface area (Å²) in [5, 5.41) is 4.39. The van der Waals surface area contributed by atoms with Crippen LogP contribution in [0, 0.1) is 19.8 Å². The van der Waals surface area contributed by atoms with Crippen LogP contribution in [0.5, 0.6) is 0 Å². The van der Waals surface area contributed by atoms with Gasteiger partial charge in [-0.05, 0) is 46.1 Å². The van der Waals surface area contributed by atoms with Crippen LogP contribution in [0.3, 0.4) is 0 Å². The quantitative estimate of drug-likeness (QED) is 0.751. The fourth-order valence-corrected chi connectivity index (χ4v) is 2.53. The van der Waals surface area contributed by atoms with Crippen molar-refractivity contribution in [1.29, 1.82) is 0 Å². The van der Waals surface area contributed by atoms with E-state index in [0.717, 1.165) is 29.8 Å². The van der Waals surface area contributed by atoms with Crippen molar-refractivity contribution in [3.63, 3.8) is 0 Å². The molecule has 1 aromatic heterocycles. The Kier molecular flexibility index (Phi) is 5.37. The minimum atomic E-state index is -0.376. The molecule has 1 rings (SSSR count). The lowest BCUT2D eigenvalue weighted by Crippen LogP contribution is -2.31. The van der Waals surface area contributed by atoms with Gasteiger partial charge in [-0.1, -0.05) is 20.3 Å². The van der Waals surface area contributed by atoms with Gasteiger partial charge in [0.25, 0.3) is 0 Å². The van der Waals surface area contributed by atoms with Crippen molar-refractivity contribution in [3.8, 4) is 0 Å². The molecule has 1 heterocycles. The highest BCUT2D eigenvalue weighted by molar-refractivity contribution is 5.73. The molecule has 0 aliphatic heterocycles. The van der Waals surface area contributed by atoms with E-state index in [-0.39, 0.29) is 17.5 Å². The highest BCUT2D eigenvalue weighted by atomic mass is 16.6. The predicted octanol–water partition coefficient (Wildman–Crippen LogP) is 3.34. The first-order valence-corrected chi connectivity index (χ1v) is 7.40. The van der Waals surface area contributed by atoms with Gasteiger partial charge in [0.05, 0.1) is 11.6 Å². The molecule has 0 aromatic carbocycles. The molecule has 0 bridgehead atoms. The maximum Gasteiger partial charge on any atom is 0.309 e. The van der Waals surface area contributed by atoms with E-state index < -0.39 is 0 Å². The third-order valence-corrected chi connectivity index (χ3v) is 3.80. The van der Waals surface area contributed by atoms with Gasteiger partial charge in [0.2, 0.25) is 0 Å². The lowest BCUT2D eigenvalue weighted by atomic mass is 9.98. The van der Waals surface area contributed by atoms with Crippen molar-refractivity contribution in [1.82, 2.24) is 9.78 Å². The van der Waals surface area contributed by atoms with Crippen LogP contribution < -0.4 is 0 Å². The summed E-state index contributed by atoms with van der Waals surface area (Å²) in [6, 6.07) is 0. The summed E-state index contributed by atoms with van der Waals surface area (Å²) in [6.45, 7) is 12.0. The minimum absolute atomic E-state index is 0.119. The third kappa shape index (κ3) is 4.09. The molecular weight excluding hydrogens is 252 g/mol. The summed E-state index contributed by atoms with van der Waals surface area (Å²) in [6.07, 6.45) is 2.58. The molecule has 1 aromatic rings. The van der Waals surface area contributed by atoms with E-state index in [1.165, 1.54) is 0 Å². The maximum atomic E-state index is 12.2. The number of esters is 1. The number of hydrogen-bond acceptors (Lipinski definition) is 3. The van der Waals surface area contributed by atoms with E-state index in [1.54, 1.807) is 0 Å². The Morgan fingerprint density at radius 1 is 1.40 bits per heavy atom. The minimum Gasteiger partial charge on any atom is -0.459 e. The van der Waals surface area contributed by atoms with Crippen molar-refractivity contribution in [2.24, 2.45) is 13.0 Å². The Hall–Kier alpha value is -1.32. The molecule has 0 saturated heterocycles. The average molecular weight is 280 g/mol. The fraction of sp³-hybridized carbons (Fsp3) is 0.750. The monoisotopic (exact) mass is 280 g/mol. The molecule has 0 aliphatic carbocycles. The molecule has 1 unspecified atom stereocenters. The topological polar surface area (TPSA) is 44.1 Å². The summed E-state index contributed by atoms with van der Waals surface area (Å²) in [5.74, 6) is -0.265. The highest BCUT2D eigenvalue weighted by Crippen LogP contribution is 2.22. The summed E-state index contributed by atoms with van der Waals surface area (Å²) >= 11 is 0. The molecule has 0 aliphatic rings. The van der Waals surface area contributed by atoms with E-state index in [0.29, 0.717) is 6.42 Å². The number of hydrogen-bond donors (Lipinski definition) is 0. The smallest absolute Gasteiger partial charge is 0.309 e. The van der Waals surface area contributed by atoms with Crippen LogP contribution in [0.1, 0.15) is 57.5 Å². The molecule has 1 atom stereocenters. The van der Waals surface area contributed by atoms with E-state index >= 15 is 0 Å². The van der Waals surface area contributed by atoms with Crippen LogP contribution in [0.4, 0.5) is 0 Å². The SMILES string of the molecule is CCCC(C)(C)OC(=O)C(C)Cc1c(C)nn(C)c1C. The number of aryl methyl sites for hydroxylation is 2. The average Bonchev–Trinajstić information content (AvgIpc) is 2.55. The molecule has 20 heavy (non-hydrogen) atoms. The van der Waals surface area contributed by atoms with Gasteiger partial charge in [-0.25, -0.2) is 0 Å². The fourth-order valence-electron chi connectivity index (χ4n) is 2.53. The second-order valence-corrected chi connectivity index (χ2v) is 6.31. The first kappa shape index (κ1) is 16.7. The standard InChI is InChI=1S/C16H28N2O2/c1-8-9-16(5,6)20-15(19)11(2)10-14-12(3)17-18(7)13(14)4/h11H,8-10H2,1-7H3. The zero-order chi connectivity index (χ0) is 15.5. The van der Waals surface area contributed by atoms with Crippen LogP contribution >= 0.6 is 0 Å². The Labute approximate surface area is 122 Å². The molecule has 114 valence electrons. The van der Waals surface area contributed by atoms with Gasteiger partial charge in [0, 0.05) is 12.7 Å². The molecule has 0 N–H and O–H groups in total. The largest absolute Gasteiger partial charge is 0.459 e. The Bertz CT molecular complexity index is 475. The number of carbonyl (C=O) groups is 1. The van der Waals surface area contributed by atoms with E-state index in [9.17, 15) is 4.79 Å². The molecule has 4 nitrogen and oxygen atoms in total. The summed E-state index contributed by atoms with van der Waals surface area (Å²) in [5.41, 5.74) is 2.90. The van der Waals surface area contributed by atoms with Crippen LogP contribution in [0.2, 0.25) is 0 Å². The molecule has 0 saturated carbocycles. The molecular formula is C16H28N2O2. The molecule has 4 heteroatoms. The molecule has 0 spiro atoms. The zero-order valence-corrected chi connectivity index (χ0v) is 13.9. The van der Waals surface area contributed by atoms with Gasteiger partial charge < -0.3 is 4.74 Å². The first-order valence-electron chi connectivity index (χ1n) is 7.40. The number of nitrogens with zero attached hydrogens (tertiary/aromatic N) is 2. The molecule has 0 fully saturated rings. The second-order valence-electron chi connectivity index (χ2n) is 6.31. The van der Waals surface area contributed by atoms with Crippen molar-refractivity contribution >= 4 is 5.97 Å². The normalized spacial score (nSPS) is 13.3. The van der Waals surface area contributed by atoms with Crippen LogP contribution in [-0.2, 0) is 23.0 Å². The Morgan fingerprint density at radius 3 is 2.45 bits per heavy atom. The van der Waals surface area contributed by atoms with Gasteiger partial charge in [-0.3, -0.25) is 9.48 Å². The number of rotatable bonds is 6. The van der Waals surface area contributed by atoms with E-state index in [1.807, 2.05) is 46.3 Å². The van der Waals surface area contributed by atoms with Gasteiger partial charge in [-0.2, -0.15) is 5.10 Å². The van der Waals surface area contributed by atoms with Gasteiger partial charge >= 0.3 is 5.97 Å². The highest BCUT2D eigenvalue weighted by Gasteiger charge is 2.26. The summed E-state index contributed by atoms with van der Waals surface area (Å²) < 4.78 is 7.50. The van der Waals surface area contributed by atoms with Crippen LogP contribution in [-0.4, -0.2) is 21.4 Å². The lowest BCUT2D eigenvalue weighted by molar-refractivity contribution is -0.161. The maximum absolute atomic E-state index is 12.2. The van der Waals surface area contributed by atoms with E-state index in [4.69, 9.17) is 4.74 Å². The number of carbonyl (C=O) groups excluding carboxylic acids is 1. The van der Waals surface area contributed by atoms with E-state index in [2.05, 4.69) is 12.0 Å². The van der Waals surface area contributed by atoms with Crippen LogP contribution in [0.15, 0.2) is 0 Å². The molecule has 0 radical (unpaired) electrons.